The molecule has 2 aliphatic heterocycles. The summed E-state index contributed by atoms with van der Waals surface area (Å²) in [7, 11) is -2.15. The van der Waals surface area contributed by atoms with Crippen molar-refractivity contribution in [2.75, 3.05) is 13.1 Å². The summed E-state index contributed by atoms with van der Waals surface area (Å²) in [5.74, 6) is 0. The summed E-state index contributed by atoms with van der Waals surface area (Å²) in [6, 6.07) is 43.9. The number of azide groups is 1. The van der Waals surface area contributed by atoms with E-state index in [1.165, 1.54) is 15.9 Å². The monoisotopic (exact) mass is 678 g/mol. The number of nitrogens with two attached hydrogens (primary N) is 1. The maximum absolute atomic E-state index is 9.67. The largest absolute Gasteiger partial charge is 0.492 e. The average Bonchev–Trinajstić information content (AvgIpc) is 3.62. The van der Waals surface area contributed by atoms with E-state index in [0.29, 0.717) is 6.54 Å². The number of hydrogen-bond acceptors (Lipinski definition) is 6. The highest BCUT2D eigenvalue weighted by Gasteiger charge is 2.36. The quantitative estimate of drug-likeness (QED) is 0.0792. The van der Waals surface area contributed by atoms with Crippen molar-refractivity contribution in [3.05, 3.63) is 160 Å². The van der Waals surface area contributed by atoms with E-state index in [-0.39, 0.29) is 31.2 Å². The van der Waals surface area contributed by atoms with E-state index in [1.54, 1.807) is 0 Å². The molecule has 7 rings (SSSR count). The minimum atomic E-state index is -0.903. The summed E-state index contributed by atoms with van der Waals surface area (Å²) in [6.45, 7) is 4.50. The Morgan fingerprint density at radius 3 is 1.46 bits per heavy atom. The molecule has 2 atom stereocenters. The lowest BCUT2D eigenvalue weighted by molar-refractivity contribution is 0.197. The second-order valence-electron chi connectivity index (χ2n) is 11.1. The van der Waals surface area contributed by atoms with Crippen molar-refractivity contribution in [1.82, 2.24) is 0 Å². The third kappa shape index (κ3) is 8.74. The molecular weight excluding hydrogens is 640 g/mol. The molecule has 2 heterocycles. The van der Waals surface area contributed by atoms with Crippen LogP contribution in [-0.2, 0) is 9.31 Å². The third-order valence-corrected chi connectivity index (χ3v) is 10.5. The summed E-state index contributed by atoms with van der Waals surface area (Å²) >= 11 is 0. The first kappa shape index (κ1) is 36.9. The summed E-state index contributed by atoms with van der Waals surface area (Å²) < 4.78 is 10.6. The molecule has 0 radical (unpaired) electrons. The van der Waals surface area contributed by atoms with Crippen LogP contribution in [-0.4, -0.2) is 37.4 Å². The molecule has 4 N–H and O–H groups in total. The molecule has 0 bridgehead atoms. The van der Waals surface area contributed by atoms with Crippen molar-refractivity contribution in [3.63, 3.8) is 0 Å². The highest BCUT2D eigenvalue weighted by molar-refractivity contribution is 7.79. The topological polar surface area (TPSA) is 134 Å². The SMILES string of the molecule is Cc1cccc2c1B(O)O[C@H]2CN.Cc1cccc2c1B(O)O[C@H]2CN=[N+]=[N-].Cl.c1ccc(P(c2ccccc2)c2ccccc2)cc1. The normalized spacial score (nSPS) is 15.5. The van der Waals surface area contributed by atoms with E-state index >= 15 is 0 Å². The molecule has 48 heavy (non-hydrogen) atoms. The zero-order valence-electron chi connectivity index (χ0n) is 26.8. The van der Waals surface area contributed by atoms with E-state index in [9.17, 15) is 10.0 Å². The van der Waals surface area contributed by atoms with Crippen molar-refractivity contribution in [1.29, 1.82) is 0 Å². The Kier molecular flexibility index (Phi) is 13.8. The number of benzene rings is 5. The van der Waals surface area contributed by atoms with Crippen LogP contribution >= 0.6 is 20.3 Å². The van der Waals surface area contributed by atoms with Crippen molar-refractivity contribution in [2.24, 2.45) is 10.8 Å². The van der Waals surface area contributed by atoms with E-state index in [1.807, 2.05) is 50.2 Å². The minimum Gasteiger partial charge on any atom is -0.423 e. The zero-order chi connectivity index (χ0) is 33.2. The van der Waals surface area contributed by atoms with Crippen LogP contribution in [0.25, 0.3) is 10.4 Å². The molecule has 244 valence electrons. The summed E-state index contributed by atoms with van der Waals surface area (Å²) in [5.41, 5.74) is 19.4. The van der Waals surface area contributed by atoms with Crippen LogP contribution in [0.4, 0.5) is 0 Å². The maximum atomic E-state index is 9.67. The number of nitrogens with zero attached hydrogens (tertiary/aromatic N) is 3. The van der Waals surface area contributed by atoms with Gasteiger partial charge in [0.15, 0.2) is 0 Å². The highest BCUT2D eigenvalue weighted by Crippen LogP contribution is 2.32. The fraction of sp³-hybridized carbons (Fsp3) is 0.167. The van der Waals surface area contributed by atoms with Crippen LogP contribution in [0.3, 0.4) is 0 Å². The van der Waals surface area contributed by atoms with Crippen LogP contribution < -0.4 is 32.6 Å². The molecule has 5 aromatic carbocycles. The predicted molar refractivity (Wildman–Crippen MR) is 201 cm³/mol. The Balaban J connectivity index is 0.000000164. The molecule has 0 fully saturated rings. The molecule has 0 aromatic heterocycles. The van der Waals surface area contributed by atoms with Gasteiger partial charge in [0.05, 0.1) is 18.8 Å². The Bertz CT molecular complexity index is 1710. The van der Waals surface area contributed by atoms with E-state index in [0.717, 1.165) is 33.2 Å². The molecule has 0 aliphatic carbocycles. The van der Waals surface area contributed by atoms with Crippen molar-refractivity contribution in [3.8, 4) is 0 Å². The van der Waals surface area contributed by atoms with Gasteiger partial charge < -0.3 is 25.1 Å². The molecule has 0 amide bonds. The Morgan fingerprint density at radius 2 is 1.06 bits per heavy atom. The lowest BCUT2D eigenvalue weighted by Gasteiger charge is -2.18. The second kappa shape index (κ2) is 18.0. The van der Waals surface area contributed by atoms with Crippen molar-refractivity contribution < 1.29 is 19.4 Å². The molecule has 0 saturated carbocycles. The number of aryl methyl sites for hydroxylation is 2. The number of hydrogen-bond donors (Lipinski definition) is 3. The second-order valence-corrected chi connectivity index (χ2v) is 13.3. The van der Waals surface area contributed by atoms with Gasteiger partial charge in [-0.1, -0.05) is 144 Å². The van der Waals surface area contributed by atoms with Gasteiger partial charge in [-0.25, -0.2) is 0 Å². The van der Waals surface area contributed by atoms with Gasteiger partial charge in [-0.3, -0.25) is 0 Å². The first-order valence-corrected chi connectivity index (χ1v) is 16.8. The van der Waals surface area contributed by atoms with Crippen LogP contribution in [0, 0.1) is 13.8 Å². The zero-order valence-corrected chi connectivity index (χ0v) is 28.5. The maximum Gasteiger partial charge on any atom is 0.492 e. The van der Waals surface area contributed by atoms with Crippen LogP contribution in [0.15, 0.2) is 133 Å². The first-order chi connectivity index (χ1) is 22.9. The van der Waals surface area contributed by atoms with E-state index in [2.05, 4.69) is 101 Å². The lowest BCUT2D eigenvalue weighted by Crippen LogP contribution is -2.30. The molecule has 5 aromatic rings. The molecular formula is C36H38B2ClN4O4P. The van der Waals surface area contributed by atoms with E-state index < -0.39 is 22.2 Å². The van der Waals surface area contributed by atoms with Gasteiger partial charge in [-0.2, -0.15) is 0 Å². The number of halogens is 1. The van der Waals surface area contributed by atoms with Crippen LogP contribution in [0.2, 0.25) is 0 Å². The van der Waals surface area contributed by atoms with Gasteiger partial charge in [-0.15, -0.1) is 12.4 Å². The lowest BCUT2D eigenvalue weighted by atomic mass is 9.76. The summed E-state index contributed by atoms with van der Waals surface area (Å²) in [4.78, 5) is 2.68. The molecule has 0 unspecified atom stereocenters. The molecule has 12 heteroatoms. The third-order valence-electron chi connectivity index (χ3n) is 8.06. The molecule has 8 nitrogen and oxygen atoms in total. The Labute approximate surface area is 290 Å². The standard InChI is InChI=1S/C18H15P.C9H10BN3O2.C9H12BNO2.ClH/c1-4-10-16(11-5-1)19(17-12-6-2-7-13-17)18-14-8-3-9-15-18;1-6-3-2-4-7-8(5-12-13-11)15-10(14)9(6)7;1-6-3-2-4-7-8(5-11)13-10(12)9(6)7;/h1-15H;2-4,8,14H,5H2,1H3;2-4,8,12H,5,11H2,1H3;1H/t;2*8-;/m.00./s1. The summed E-state index contributed by atoms with van der Waals surface area (Å²) in [6.07, 6.45) is -0.476. The van der Waals surface area contributed by atoms with Gasteiger partial charge in [0.2, 0.25) is 0 Å². The predicted octanol–water partition coefficient (Wildman–Crippen LogP) is 4.64. The molecule has 2 aliphatic rings. The van der Waals surface area contributed by atoms with Gasteiger partial charge in [0, 0.05) is 11.5 Å². The fourth-order valence-electron chi connectivity index (χ4n) is 5.85. The smallest absolute Gasteiger partial charge is 0.423 e. The van der Waals surface area contributed by atoms with Crippen LogP contribution in [0.5, 0.6) is 0 Å². The number of rotatable bonds is 6. The van der Waals surface area contributed by atoms with Gasteiger partial charge in [0.1, 0.15) is 0 Å². The minimum absolute atomic E-state index is 0. The summed E-state index contributed by atoms with van der Waals surface area (Å²) in [5, 5.41) is 26.9. The molecule has 0 saturated heterocycles. The molecule has 0 spiro atoms. The van der Waals surface area contributed by atoms with Crippen molar-refractivity contribution in [2.45, 2.75) is 26.1 Å². The van der Waals surface area contributed by atoms with Gasteiger partial charge >= 0.3 is 14.2 Å². The van der Waals surface area contributed by atoms with E-state index in [4.69, 9.17) is 20.6 Å². The van der Waals surface area contributed by atoms with Crippen LogP contribution in [0.1, 0.15) is 34.5 Å². The van der Waals surface area contributed by atoms with Gasteiger partial charge in [0.25, 0.3) is 0 Å². The first-order valence-electron chi connectivity index (χ1n) is 15.4. The number of fused-ring (bicyclic) bond motifs is 2. The van der Waals surface area contributed by atoms with Crippen molar-refractivity contribution >= 4 is 61.4 Å². The highest BCUT2D eigenvalue weighted by atomic mass is 35.5. The Morgan fingerprint density at radius 1 is 0.667 bits per heavy atom. The van der Waals surface area contributed by atoms with Gasteiger partial charge in [-0.05, 0) is 65.3 Å². The fourth-order valence-corrected chi connectivity index (χ4v) is 8.16. The Hall–Kier alpha value is -3.94. The average molecular weight is 679 g/mol.